The van der Waals surface area contributed by atoms with Gasteiger partial charge in [-0.05, 0) is 110 Å². The van der Waals surface area contributed by atoms with Gasteiger partial charge >= 0.3 is 0 Å². The van der Waals surface area contributed by atoms with Crippen LogP contribution < -0.4 is 33.8 Å². The Labute approximate surface area is 410 Å². The van der Waals surface area contributed by atoms with Gasteiger partial charge in [-0.15, -0.1) is 23.4 Å². The highest BCUT2D eigenvalue weighted by Crippen LogP contribution is 2.25. The molecule has 20 nitrogen and oxygen atoms in total. The number of aromatic amines is 1. The average Bonchev–Trinajstić information content (AvgIpc) is 4.00. The summed E-state index contributed by atoms with van der Waals surface area (Å²) in [5.74, 6) is 2.99. The molecular formula is C42H54ClF5N14O6S2. The van der Waals surface area contributed by atoms with E-state index in [0.29, 0.717) is 53.1 Å². The van der Waals surface area contributed by atoms with Crippen LogP contribution in [-0.4, -0.2) is 92.7 Å². The van der Waals surface area contributed by atoms with Crippen LogP contribution in [-0.2, 0) is 20.0 Å². The van der Waals surface area contributed by atoms with Crippen LogP contribution in [0.4, 0.5) is 57.4 Å². The minimum Gasteiger partial charge on any atom is -0.368 e. The number of H-pyrrole nitrogens is 1. The van der Waals surface area contributed by atoms with Gasteiger partial charge in [-0.3, -0.25) is 26.0 Å². The minimum atomic E-state index is -3.57. The van der Waals surface area contributed by atoms with Gasteiger partial charge in [0.1, 0.15) is 34.4 Å². The Morgan fingerprint density at radius 1 is 0.643 bits per heavy atom. The number of carbonyl (C=O) groups is 2. The van der Waals surface area contributed by atoms with E-state index in [1.165, 1.54) is 28.6 Å². The molecule has 2 fully saturated rings. The normalized spacial score (nSPS) is 13.9. The molecule has 0 bridgehead atoms. The first-order chi connectivity index (χ1) is 34.9. The molecule has 0 spiro atoms. The molecule has 0 saturated carbocycles. The van der Waals surface area contributed by atoms with E-state index < -0.39 is 65.6 Å². The molecule has 4 heterocycles. The molecule has 11 N–H and O–H groups in total. The Morgan fingerprint density at radius 2 is 1.03 bits per heavy atom. The van der Waals surface area contributed by atoms with Crippen molar-refractivity contribution < 1.29 is 54.6 Å². The van der Waals surface area contributed by atoms with Gasteiger partial charge in [-0.25, -0.2) is 39.5 Å². The van der Waals surface area contributed by atoms with Crippen molar-refractivity contribution in [3.63, 3.8) is 0 Å². The monoisotopic (exact) mass is 1050 g/mol. The first-order valence-electron chi connectivity index (χ1n) is 22.6. The van der Waals surface area contributed by atoms with Gasteiger partial charge in [0, 0.05) is 43.5 Å². The first-order valence-corrected chi connectivity index (χ1v) is 23.8. The molecule has 28 heteroatoms. The Hall–Kier alpha value is -6.88. The van der Waals surface area contributed by atoms with Crippen LogP contribution in [0.2, 0.25) is 0 Å². The molecule has 8 rings (SSSR count). The van der Waals surface area contributed by atoms with Gasteiger partial charge in [0.05, 0.1) is 9.79 Å². The summed E-state index contributed by atoms with van der Waals surface area (Å²) in [6.07, 6.45) is 5.63. The van der Waals surface area contributed by atoms with E-state index in [1.54, 1.807) is 28.6 Å². The molecule has 0 amide bonds. The van der Waals surface area contributed by atoms with E-state index in [-0.39, 0.29) is 27.4 Å². The lowest BCUT2D eigenvalue weighted by Gasteiger charge is -2.25. The van der Waals surface area contributed by atoms with Crippen LogP contribution >= 0.6 is 11.6 Å². The van der Waals surface area contributed by atoms with Crippen molar-refractivity contribution in [2.45, 2.75) is 48.3 Å². The number of halogens is 6. The van der Waals surface area contributed by atoms with Crippen LogP contribution in [0.25, 0.3) is 0 Å². The van der Waals surface area contributed by atoms with Crippen molar-refractivity contribution in [3.8, 4) is 0 Å². The number of anilines is 6. The number of nitrogens with one attached hydrogen (secondary N) is 3. The standard InChI is InChI=1S/C20H20F2N6O3S.C13H18N6O2S.C7H3ClF2O.C2H4.FH.H4N2.2H2/c21-15-5-4-6-16(22)17(15)18(29)28-19(23)25-20(26-28)24-13-7-9-14(10-8-13)32(30,31)27-11-2-1-3-12-27;14-12-16-13(18-17-12)15-10-4-6-11(7-5-10)22(20,21)19-8-2-1-3-9-19;8-7(11)6-4(9)2-1-3-5(6)10;1-2;;1-2;;/h4-10H,1-3,11-12H2,(H3,23,24,25,26);4-7H,1-3,8-9H2,(H4,14,15,16,17,18);1-3H;1-2H2;1H;1-2H2;2*1H/i;;;;;;2*1+1D. The second kappa shape index (κ2) is 26.8. The van der Waals surface area contributed by atoms with Gasteiger partial charge in [0.2, 0.25) is 43.8 Å². The molecule has 0 aliphatic carbocycles. The second-order valence-electron chi connectivity index (χ2n) is 14.3. The fourth-order valence-electron chi connectivity index (χ4n) is 6.54. The average molecular weight is 1050 g/mol. The molecule has 2 saturated heterocycles. The van der Waals surface area contributed by atoms with Crippen molar-refractivity contribution in [3.05, 3.63) is 132 Å². The maximum absolute atomic E-state index is 13.9. The number of nitrogen functional groups attached to an aromatic ring is 2. The molecule has 0 unspecified atom stereocenters. The zero-order chi connectivity index (χ0) is 54.9. The van der Waals surface area contributed by atoms with E-state index in [4.69, 9.17) is 29.0 Å². The van der Waals surface area contributed by atoms with E-state index in [1.807, 2.05) is 0 Å². The number of aromatic nitrogens is 6. The van der Waals surface area contributed by atoms with Crippen molar-refractivity contribution >= 4 is 78.0 Å². The quantitative estimate of drug-likeness (QED) is 0.0248. The first kappa shape index (κ1) is 54.1. The molecule has 2 aliphatic rings. The zero-order valence-electron chi connectivity index (χ0n) is 41.1. The molecule has 2 aromatic heterocycles. The second-order valence-corrected chi connectivity index (χ2v) is 18.5. The maximum Gasteiger partial charge on any atom is 0.287 e. The van der Waals surface area contributed by atoms with Gasteiger partial charge in [0.15, 0.2) is 0 Å². The van der Waals surface area contributed by atoms with E-state index in [0.717, 1.165) is 74.9 Å². The number of piperidine rings is 2. The molecule has 2 aliphatic heterocycles. The fraction of sp³-hybridized carbons (Fsp3) is 0.238. The summed E-state index contributed by atoms with van der Waals surface area (Å²) in [7, 11) is -6.97. The summed E-state index contributed by atoms with van der Waals surface area (Å²) < 4.78 is 127. The highest BCUT2D eigenvalue weighted by Gasteiger charge is 2.28. The maximum atomic E-state index is 13.9. The molecule has 70 heavy (non-hydrogen) atoms. The number of hydrogen-bond acceptors (Lipinski definition) is 16. The zero-order valence-corrected chi connectivity index (χ0v) is 39.5. The van der Waals surface area contributed by atoms with Crippen LogP contribution in [0.1, 0.15) is 65.2 Å². The SMILES string of the molecule is C=C.F.NN.Nc1nc(Nc2ccc(S(=O)(=O)N3CCCCC3)cc2)n[nH]1.Nc1nc(Nc2ccc(S(=O)(=O)N3CCCCC3)cc2)nn1C(=O)c1c(F)cccc1F.O=C(Cl)c1c(F)cccc1F.[2H][2H].[2H][2H]. The molecule has 382 valence electrons. The summed E-state index contributed by atoms with van der Waals surface area (Å²) in [6.45, 7) is 8.19. The number of benzene rings is 4. The van der Waals surface area contributed by atoms with Crippen LogP contribution in [0.3, 0.4) is 0 Å². The molecule has 0 atom stereocenters. The molecule has 0 radical (unpaired) electrons. The van der Waals surface area contributed by atoms with Gasteiger partial charge in [-0.2, -0.15) is 23.3 Å². The van der Waals surface area contributed by atoms with E-state index >= 15 is 0 Å². The summed E-state index contributed by atoms with van der Waals surface area (Å²) >= 11 is 4.89. The van der Waals surface area contributed by atoms with Gasteiger partial charge in [-0.1, -0.05) is 25.0 Å². The van der Waals surface area contributed by atoms with Crippen molar-refractivity contribution in [2.24, 2.45) is 11.7 Å². The Kier molecular flexibility index (Phi) is 20.7. The van der Waals surface area contributed by atoms with Crippen molar-refractivity contribution in [1.29, 1.82) is 0 Å². The Balaban J connectivity index is 0.000000564. The van der Waals surface area contributed by atoms with Gasteiger partial charge < -0.3 is 22.1 Å². The number of carbonyl (C=O) groups excluding carboxylic acids is 2. The highest BCUT2D eigenvalue weighted by atomic mass is 35.5. The number of rotatable bonds is 10. The van der Waals surface area contributed by atoms with E-state index in [9.17, 15) is 44.0 Å². The number of nitrogens with zero attached hydrogens (tertiary/aromatic N) is 7. The third kappa shape index (κ3) is 14.8. The van der Waals surface area contributed by atoms with Crippen molar-refractivity contribution in [2.75, 3.05) is 48.3 Å². The van der Waals surface area contributed by atoms with Crippen LogP contribution in [0, 0.1) is 23.3 Å². The van der Waals surface area contributed by atoms with Gasteiger partial charge in [0.25, 0.3) is 11.1 Å². The van der Waals surface area contributed by atoms with E-state index in [2.05, 4.69) is 60.7 Å². The number of hydrogen-bond donors (Lipinski definition) is 7. The third-order valence-electron chi connectivity index (χ3n) is 9.79. The fourth-order valence-corrected chi connectivity index (χ4v) is 9.75. The lowest BCUT2D eigenvalue weighted by molar-refractivity contribution is 0.0939. The van der Waals surface area contributed by atoms with Crippen LogP contribution in [0.15, 0.2) is 108 Å². The summed E-state index contributed by atoms with van der Waals surface area (Å²) in [5.41, 5.74) is 10.8. The summed E-state index contributed by atoms with van der Waals surface area (Å²) in [6, 6.07) is 18.6. The number of sulfonamides is 2. The predicted molar refractivity (Wildman–Crippen MR) is 259 cm³/mol. The smallest absolute Gasteiger partial charge is 0.287 e. The minimum absolute atomic E-state index is 0. The summed E-state index contributed by atoms with van der Waals surface area (Å²) in [4.78, 5) is 31.1. The number of nitrogens with two attached hydrogens (primary N) is 4. The molecular weight excluding hydrogens is 991 g/mol. The Bertz CT molecular complexity index is 2870. The predicted octanol–water partition coefficient (Wildman–Crippen LogP) is 6.66. The summed E-state index contributed by atoms with van der Waals surface area (Å²) in [5, 5.41) is 14.8. The molecule has 6 aromatic rings. The third-order valence-corrected chi connectivity index (χ3v) is 13.8. The molecule has 4 aromatic carbocycles. The lowest BCUT2D eigenvalue weighted by atomic mass is 10.2. The topological polar surface area (TPSA) is 309 Å². The number of hydrazine groups is 1. The lowest BCUT2D eigenvalue weighted by Crippen LogP contribution is -2.35. The highest BCUT2D eigenvalue weighted by molar-refractivity contribution is 7.89. The Morgan fingerprint density at radius 3 is 1.39 bits per heavy atom. The van der Waals surface area contributed by atoms with Crippen molar-refractivity contribution in [1.82, 2.24) is 38.6 Å². The largest absolute Gasteiger partial charge is 0.368 e. The van der Waals surface area contributed by atoms with Crippen LogP contribution in [0.5, 0.6) is 0 Å².